The van der Waals surface area contributed by atoms with Gasteiger partial charge < -0.3 is 9.47 Å². The first-order valence-electron chi connectivity index (χ1n) is 9.21. The Kier molecular flexibility index (Phi) is 5.33. The van der Waals surface area contributed by atoms with Gasteiger partial charge in [0.1, 0.15) is 5.01 Å². The number of aryl methyl sites for hydroxylation is 1. The fourth-order valence-corrected chi connectivity index (χ4v) is 6.29. The van der Waals surface area contributed by atoms with Crippen LogP contribution in [0, 0.1) is 6.92 Å². The molecule has 29 heavy (non-hydrogen) atoms. The van der Waals surface area contributed by atoms with Gasteiger partial charge in [0.25, 0.3) is 0 Å². The van der Waals surface area contributed by atoms with Crippen LogP contribution >= 0.6 is 11.3 Å². The maximum absolute atomic E-state index is 13.1. The van der Waals surface area contributed by atoms with Gasteiger partial charge in [-0.1, -0.05) is 18.2 Å². The standard InChI is InChI=1S/C21H22N2O4S2/c1-14-6-4-5-7-20(14)29(24,25)23-11-10-16-19(13-23)28-21(22-16)15-8-9-17(26-2)18(12-15)27-3/h4-9,12H,10-11,13H2,1-3H3. The smallest absolute Gasteiger partial charge is 0.243 e. The number of thiazole rings is 1. The third-order valence-electron chi connectivity index (χ3n) is 5.04. The van der Waals surface area contributed by atoms with Crippen molar-refractivity contribution in [3.63, 3.8) is 0 Å². The van der Waals surface area contributed by atoms with E-state index in [1.807, 2.05) is 37.3 Å². The number of ether oxygens (including phenoxy) is 2. The summed E-state index contributed by atoms with van der Waals surface area (Å²) in [5.74, 6) is 1.30. The maximum Gasteiger partial charge on any atom is 0.243 e. The van der Waals surface area contributed by atoms with Gasteiger partial charge in [-0.2, -0.15) is 4.31 Å². The van der Waals surface area contributed by atoms with E-state index in [1.54, 1.807) is 30.7 Å². The fraction of sp³-hybridized carbons (Fsp3) is 0.286. The molecule has 152 valence electrons. The van der Waals surface area contributed by atoms with Crippen LogP contribution in [0.5, 0.6) is 11.5 Å². The van der Waals surface area contributed by atoms with Crippen LogP contribution in [0.4, 0.5) is 0 Å². The summed E-state index contributed by atoms with van der Waals surface area (Å²) in [6.07, 6.45) is 0.601. The summed E-state index contributed by atoms with van der Waals surface area (Å²) >= 11 is 1.53. The van der Waals surface area contributed by atoms with E-state index in [9.17, 15) is 8.42 Å². The fourth-order valence-electron chi connectivity index (χ4n) is 3.45. The van der Waals surface area contributed by atoms with Gasteiger partial charge in [0.15, 0.2) is 11.5 Å². The van der Waals surface area contributed by atoms with Crippen LogP contribution in [-0.4, -0.2) is 38.5 Å². The van der Waals surface area contributed by atoms with Crippen LogP contribution in [0.3, 0.4) is 0 Å². The monoisotopic (exact) mass is 430 g/mol. The third-order valence-corrected chi connectivity index (χ3v) is 8.17. The van der Waals surface area contributed by atoms with E-state index in [-0.39, 0.29) is 0 Å². The molecule has 6 nitrogen and oxygen atoms in total. The van der Waals surface area contributed by atoms with Crippen molar-refractivity contribution in [1.82, 2.24) is 9.29 Å². The lowest BCUT2D eigenvalue weighted by Gasteiger charge is -2.26. The quantitative estimate of drug-likeness (QED) is 0.614. The van der Waals surface area contributed by atoms with E-state index < -0.39 is 10.0 Å². The van der Waals surface area contributed by atoms with Crippen molar-refractivity contribution < 1.29 is 17.9 Å². The number of hydrogen-bond acceptors (Lipinski definition) is 6. The number of fused-ring (bicyclic) bond motifs is 1. The Morgan fingerprint density at radius 3 is 2.55 bits per heavy atom. The SMILES string of the molecule is COc1ccc(-c2nc3c(s2)CN(S(=O)(=O)c2ccccc2C)CC3)cc1OC. The largest absolute Gasteiger partial charge is 0.493 e. The molecule has 3 aromatic rings. The van der Waals surface area contributed by atoms with Gasteiger partial charge in [-0.15, -0.1) is 11.3 Å². The molecule has 1 aliphatic heterocycles. The molecule has 0 radical (unpaired) electrons. The van der Waals surface area contributed by atoms with Gasteiger partial charge >= 0.3 is 0 Å². The molecular formula is C21H22N2O4S2. The summed E-state index contributed by atoms with van der Waals surface area (Å²) in [6, 6.07) is 12.8. The van der Waals surface area contributed by atoms with Gasteiger partial charge in [-0.05, 0) is 36.8 Å². The molecule has 0 fully saturated rings. The minimum Gasteiger partial charge on any atom is -0.493 e. The van der Waals surface area contributed by atoms with Crippen LogP contribution in [0.1, 0.15) is 16.1 Å². The molecule has 0 aliphatic carbocycles. The first kappa shape index (κ1) is 19.9. The Hall–Kier alpha value is -2.42. The highest BCUT2D eigenvalue weighted by molar-refractivity contribution is 7.89. The van der Waals surface area contributed by atoms with E-state index in [2.05, 4.69) is 0 Å². The topological polar surface area (TPSA) is 68.7 Å². The van der Waals surface area contributed by atoms with E-state index in [0.29, 0.717) is 35.9 Å². The minimum absolute atomic E-state index is 0.344. The Morgan fingerprint density at radius 1 is 1.07 bits per heavy atom. The van der Waals surface area contributed by atoms with E-state index >= 15 is 0 Å². The highest BCUT2D eigenvalue weighted by Crippen LogP contribution is 2.37. The van der Waals surface area contributed by atoms with E-state index in [4.69, 9.17) is 14.5 Å². The molecule has 0 N–H and O–H groups in total. The zero-order valence-electron chi connectivity index (χ0n) is 16.5. The van der Waals surface area contributed by atoms with Crippen LogP contribution in [0.2, 0.25) is 0 Å². The number of methoxy groups -OCH3 is 2. The molecule has 0 unspecified atom stereocenters. The molecule has 0 bridgehead atoms. The summed E-state index contributed by atoms with van der Waals surface area (Å²) in [4.78, 5) is 6.11. The predicted octanol–water partition coefficient (Wildman–Crippen LogP) is 3.88. The number of aromatic nitrogens is 1. The molecule has 0 spiro atoms. The molecule has 0 saturated carbocycles. The second-order valence-electron chi connectivity index (χ2n) is 6.81. The number of sulfonamides is 1. The number of rotatable bonds is 5. The van der Waals surface area contributed by atoms with Gasteiger partial charge in [0, 0.05) is 23.4 Å². The van der Waals surface area contributed by atoms with Crippen LogP contribution in [0.15, 0.2) is 47.4 Å². The van der Waals surface area contributed by atoms with Gasteiger partial charge in [-0.3, -0.25) is 0 Å². The molecule has 2 aromatic carbocycles. The number of nitrogens with zero attached hydrogens (tertiary/aromatic N) is 2. The molecule has 8 heteroatoms. The average molecular weight is 431 g/mol. The second-order valence-corrected chi connectivity index (χ2v) is 9.80. The van der Waals surface area contributed by atoms with E-state index in [0.717, 1.165) is 26.7 Å². The first-order valence-corrected chi connectivity index (χ1v) is 11.5. The van der Waals surface area contributed by atoms with Gasteiger partial charge in [-0.25, -0.2) is 13.4 Å². The lowest BCUT2D eigenvalue weighted by Crippen LogP contribution is -2.35. The summed E-state index contributed by atoms with van der Waals surface area (Å²) in [5.41, 5.74) is 2.65. The normalized spacial score (nSPS) is 14.4. The Labute approximate surface area is 174 Å². The molecule has 0 amide bonds. The molecule has 1 aliphatic rings. The molecule has 0 atom stereocenters. The second kappa shape index (κ2) is 7.78. The Morgan fingerprint density at radius 2 is 1.83 bits per heavy atom. The predicted molar refractivity (Wildman–Crippen MR) is 113 cm³/mol. The molecule has 0 saturated heterocycles. The third kappa shape index (κ3) is 3.63. The first-order chi connectivity index (χ1) is 13.9. The average Bonchev–Trinajstić information content (AvgIpc) is 3.16. The van der Waals surface area contributed by atoms with Gasteiger partial charge in [0.2, 0.25) is 10.0 Å². The van der Waals surface area contributed by atoms with Crippen molar-refractivity contribution in [3.8, 4) is 22.1 Å². The van der Waals surface area contributed by atoms with Gasteiger partial charge in [0.05, 0.1) is 31.4 Å². The zero-order chi connectivity index (χ0) is 20.6. The van der Waals surface area contributed by atoms with Crippen molar-refractivity contribution in [2.45, 2.75) is 24.8 Å². The summed E-state index contributed by atoms with van der Waals surface area (Å²) < 4.78 is 38.5. The van der Waals surface area contributed by atoms with Crippen LogP contribution < -0.4 is 9.47 Å². The Balaban J connectivity index is 1.64. The van der Waals surface area contributed by atoms with Crippen molar-refractivity contribution in [2.24, 2.45) is 0 Å². The molecular weight excluding hydrogens is 408 g/mol. The van der Waals surface area contributed by atoms with Crippen molar-refractivity contribution >= 4 is 21.4 Å². The van der Waals surface area contributed by atoms with Crippen molar-refractivity contribution in [1.29, 1.82) is 0 Å². The summed E-state index contributed by atoms with van der Waals surface area (Å²) in [6.45, 7) is 2.60. The minimum atomic E-state index is -3.53. The van der Waals surface area contributed by atoms with E-state index in [1.165, 1.54) is 11.3 Å². The van der Waals surface area contributed by atoms with Crippen LogP contribution in [0.25, 0.3) is 10.6 Å². The van der Waals surface area contributed by atoms with Crippen LogP contribution in [-0.2, 0) is 23.0 Å². The number of benzene rings is 2. The Bertz CT molecular complexity index is 1160. The number of hydrogen-bond donors (Lipinski definition) is 0. The lowest BCUT2D eigenvalue weighted by atomic mass is 10.2. The highest BCUT2D eigenvalue weighted by atomic mass is 32.2. The molecule has 4 rings (SSSR count). The lowest BCUT2D eigenvalue weighted by molar-refractivity contribution is 0.355. The summed E-state index contributed by atoms with van der Waals surface area (Å²) in [5, 5.41) is 0.853. The molecule has 1 aromatic heterocycles. The van der Waals surface area contributed by atoms with Crippen molar-refractivity contribution in [2.75, 3.05) is 20.8 Å². The molecule has 2 heterocycles. The van der Waals surface area contributed by atoms with Crippen molar-refractivity contribution in [3.05, 3.63) is 58.6 Å². The summed E-state index contributed by atoms with van der Waals surface area (Å²) in [7, 11) is -0.334. The maximum atomic E-state index is 13.1. The highest BCUT2D eigenvalue weighted by Gasteiger charge is 2.31. The zero-order valence-corrected chi connectivity index (χ0v) is 18.1.